The second-order valence-electron chi connectivity index (χ2n) is 13.2. The Kier molecular flexibility index (Phi) is 8.92. The molecular formula is C34H41N5O7. The zero-order valence-electron chi connectivity index (χ0n) is 26.8. The summed E-state index contributed by atoms with van der Waals surface area (Å²) in [6.45, 7) is 8.23. The van der Waals surface area contributed by atoms with Crippen molar-refractivity contribution >= 4 is 46.1 Å². The highest BCUT2D eigenvalue weighted by Crippen LogP contribution is 2.65. The average molecular weight is 632 g/mol. The number of Topliss-reactive ketones (excluding diaryl/α,β-unsaturated/α-hetero) is 1. The second kappa shape index (κ2) is 12.6. The molecule has 46 heavy (non-hydrogen) atoms. The Bertz CT molecular complexity index is 1770. The van der Waals surface area contributed by atoms with Crippen LogP contribution in [0.4, 0.5) is 5.69 Å². The van der Waals surface area contributed by atoms with Gasteiger partial charge in [0.05, 0.1) is 0 Å². The molecule has 2 saturated carbocycles. The van der Waals surface area contributed by atoms with Crippen LogP contribution in [-0.2, 0) is 25.7 Å². The van der Waals surface area contributed by atoms with Crippen LogP contribution in [0.1, 0.15) is 69.0 Å². The van der Waals surface area contributed by atoms with Gasteiger partial charge in [0.2, 0.25) is 17.6 Å². The van der Waals surface area contributed by atoms with E-state index in [1.54, 1.807) is 25.1 Å². The number of pyridine rings is 1. The molecule has 12 nitrogen and oxygen atoms in total. The summed E-state index contributed by atoms with van der Waals surface area (Å²) in [6.07, 6.45) is 4.01. The lowest BCUT2D eigenvalue weighted by Gasteiger charge is -2.39. The second-order valence-corrected chi connectivity index (χ2v) is 13.2. The Hall–Kier alpha value is -4.74. The molecule has 0 saturated heterocycles. The van der Waals surface area contributed by atoms with Gasteiger partial charge in [-0.2, -0.15) is 0 Å². The summed E-state index contributed by atoms with van der Waals surface area (Å²) in [5, 5.41) is 11.3. The molecular weight excluding hydrogens is 590 g/mol. The fraction of sp³-hybridized carbons (Fsp3) is 0.471. The zero-order chi connectivity index (χ0) is 33.4. The minimum Gasteiger partial charge on any atom is -0.451 e. The number of carbonyl (C=O) groups is 5. The number of hydrogen-bond acceptors (Lipinski definition) is 7. The first kappa shape index (κ1) is 32.6. The lowest BCUT2D eigenvalue weighted by atomic mass is 9.69. The predicted molar refractivity (Wildman–Crippen MR) is 171 cm³/mol. The summed E-state index contributed by atoms with van der Waals surface area (Å²) in [5.41, 5.74) is 0.448. The molecule has 1 aromatic carbocycles. The van der Waals surface area contributed by atoms with Crippen molar-refractivity contribution in [2.24, 2.45) is 16.7 Å². The summed E-state index contributed by atoms with van der Waals surface area (Å²) in [6, 6.07) is 8.74. The largest absolute Gasteiger partial charge is 0.451 e. The summed E-state index contributed by atoms with van der Waals surface area (Å²) < 4.78 is 6.94. The fourth-order valence-electron chi connectivity index (χ4n) is 7.20. The Morgan fingerprint density at radius 2 is 1.80 bits per heavy atom. The van der Waals surface area contributed by atoms with E-state index in [0.29, 0.717) is 17.1 Å². The van der Waals surface area contributed by atoms with Gasteiger partial charge >= 0.3 is 0 Å². The molecule has 12 heteroatoms. The number of furan rings is 1. The minimum atomic E-state index is -1.30. The molecule has 244 valence electrons. The number of anilines is 1. The number of rotatable bonds is 11. The summed E-state index contributed by atoms with van der Waals surface area (Å²) in [7, 11) is 1.32. The van der Waals surface area contributed by atoms with Crippen molar-refractivity contribution in [2.75, 3.05) is 12.4 Å². The third-order valence-electron chi connectivity index (χ3n) is 10.5. The normalized spacial score (nSPS) is 21.8. The number of nitrogens with one attached hydrogen (secondary N) is 4. The van der Waals surface area contributed by atoms with Crippen molar-refractivity contribution < 1.29 is 28.4 Å². The van der Waals surface area contributed by atoms with E-state index in [1.807, 2.05) is 6.07 Å². The third-order valence-corrected chi connectivity index (χ3v) is 10.5. The van der Waals surface area contributed by atoms with E-state index in [4.69, 9.17) is 4.42 Å². The predicted octanol–water partition coefficient (Wildman–Crippen LogP) is 3.07. The van der Waals surface area contributed by atoms with Crippen LogP contribution in [0.5, 0.6) is 0 Å². The molecule has 0 spiro atoms. The highest BCUT2D eigenvalue weighted by molar-refractivity contribution is 6.36. The molecule has 4 atom stereocenters. The van der Waals surface area contributed by atoms with E-state index in [2.05, 4.69) is 42.0 Å². The van der Waals surface area contributed by atoms with E-state index in [-0.39, 0.29) is 53.6 Å². The molecule has 3 aromatic rings. The van der Waals surface area contributed by atoms with E-state index in [9.17, 15) is 28.8 Å². The first-order chi connectivity index (χ1) is 21.8. The molecule has 3 unspecified atom stereocenters. The van der Waals surface area contributed by atoms with Crippen LogP contribution >= 0.6 is 0 Å². The molecule has 2 bridgehead atoms. The standard InChI is InChI=1S/C34H41N5O7/c1-19-21-9-6-7-11-25(21)46-28(19)31(44)36-22(12-13-24(40)30(43)35-5)29(42)37-23-10-8-16-39(32(23)45)18-27(41)38-26-17-20-14-15-34(26,4)33(20,2)3/h6-11,16,20,22,26H,12-15,17-18H2,1-5H3,(H,35,43)(H,36,44)(H,37,42)(H,38,41)/t20?,22-,26?,34?/m0/s1. The first-order valence-corrected chi connectivity index (χ1v) is 15.6. The number of likely N-dealkylation sites (N-methyl/N-ethyl adjacent to an activating group) is 1. The van der Waals surface area contributed by atoms with Gasteiger partial charge in [0.1, 0.15) is 23.9 Å². The van der Waals surface area contributed by atoms with Crippen molar-refractivity contribution in [3.63, 3.8) is 0 Å². The monoisotopic (exact) mass is 631 g/mol. The number of benzene rings is 1. The number of fused-ring (bicyclic) bond motifs is 3. The van der Waals surface area contributed by atoms with Gasteiger partial charge in [-0.1, -0.05) is 39.0 Å². The van der Waals surface area contributed by atoms with E-state index in [1.165, 1.54) is 29.9 Å². The van der Waals surface area contributed by atoms with Crippen molar-refractivity contribution in [1.29, 1.82) is 0 Å². The van der Waals surface area contributed by atoms with Crippen LogP contribution in [-0.4, -0.2) is 53.1 Å². The van der Waals surface area contributed by atoms with Gasteiger partial charge in [0, 0.05) is 36.7 Å². The van der Waals surface area contributed by atoms with E-state index >= 15 is 0 Å². The van der Waals surface area contributed by atoms with Crippen molar-refractivity contribution in [1.82, 2.24) is 20.5 Å². The third kappa shape index (κ3) is 5.95. The number of aromatic nitrogens is 1. The van der Waals surface area contributed by atoms with Crippen LogP contribution in [0.25, 0.3) is 11.0 Å². The van der Waals surface area contributed by atoms with Gasteiger partial charge in [-0.15, -0.1) is 0 Å². The number of hydrogen-bond donors (Lipinski definition) is 4. The van der Waals surface area contributed by atoms with Gasteiger partial charge in [-0.3, -0.25) is 28.8 Å². The van der Waals surface area contributed by atoms with Gasteiger partial charge in [-0.25, -0.2) is 0 Å². The maximum Gasteiger partial charge on any atom is 0.287 e. The van der Waals surface area contributed by atoms with Crippen LogP contribution in [0.2, 0.25) is 0 Å². The number of para-hydroxylation sites is 1. The Morgan fingerprint density at radius 1 is 1.07 bits per heavy atom. The van der Waals surface area contributed by atoms with Gasteiger partial charge in [0.15, 0.2) is 5.76 Å². The van der Waals surface area contributed by atoms with Crippen molar-refractivity contribution in [3.05, 3.63) is 64.3 Å². The molecule has 0 aliphatic heterocycles. The maximum absolute atomic E-state index is 13.5. The fourth-order valence-corrected chi connectivity index (χ4v) is 7.20. The summed E-state index contributed by atoms with van der Waals surface area (Å²) in [4.78, 5) is 77.2. The van der Waals surface area contributed by atoms with Gasteiger partial charge in [0.25, 0.3) is 17.4 Å². The lowest BCUT2D eigenvalue weighted by Crippen LogP contribution is -2.48. The van der Waals surface area contributed by atoms with Crippen molar-refractivity contribution in [3.8, 4) is 0 Å². The average Bonchev–Trinajstić information content (AvgIpc) is 3.55. The highest BCUT2D eigenvalue weighted by atomic mass is 16.3. The smallest absolute Gasteiger partial charge is 0.287 e. The SMILES string of the molecule is CNC(=O)C(=O)CC[C@H](NC(=O)c1oc2ccccc2c1C)C(=O)Nc1cccn(CC(=O)NC2CC3CCC2(C)C3(C)C)c1=O. The molecule has 2 aliphatic rings. The molecule has 2 aliphatic carbocycles. The van der Waals surface area contributed by atoms with Crippen LogP contribution in [0.3, 0.4) is 0 Å². The minimum absolute atomic E-state index is 0.00237. The van der Waals surface area contributed by atoms with E-state index in [0.717, 1.165) is 24.6 Å². The maximum atomic E-state index is 13.5. The molecule has 4 amide bonds. The Morgan fingerprint density at radius 3 is 2.46 bits per heavy atom. The molecule has 2 aromatic heterocycles. The summed E-state index contributed by atoms with van der Waals surface area (Å²) >= 11 is 0. The molecule has 0 radical (unpaired) electrons. The molecule has 5 rings (SSSR count). The van der Waals surface area contributed by atoms with E-state index < -0.39 is 35.1 Å². The number of carbonyl (C=O) groups excluding carboxylic acids is 5. The van der Waals surface area contributed by atoms with Crippen LogP contribution in [0, 0.1) is 23.7 Å². The van der Waals surface area contributed by atoms with Crippen LogP contribution < -0.4 is 26.8 Å². The lowest BCUT2D eigenvalue weighted by molar-refractivity contribution is -0.137. The Labute approximate surface area is 266 Å². The molecule has 2 heterocycles. The Balaban J connectivity index is 1.30. The topological polar surface area (TPSA) is 169 Å². The molecule has 4 N–H and O–H groups in total. The summed E-state index contributed by atoms with van der Waals surface area (Å²) in [5.74, 6) is -2.82. The number of ketones is 1. The number of aryl methyl sites for hydroxylation is 1. The number of nitrogens with zero attached hydrogens (tertiary/aromatic N) is 1. The first-order valence-electron chi connectivity index (χ1n) is 15.6. The van der Waals surface area contributed by atoms with Crippen LogP contribution in [0.15, 0.2) is 51.8 Å². The quantitative estimate of drug-likeness (QED) is 0.236. The highest BCUT2D eigenvalue weighted by Gasteiger charge is 2.61. The van der Waals surface area contributed by atoms with Crippen molar-refractivity contribution in [2.45, 2.75) is 78.4 Å². The van der Waals surface area contributed by atoms with Gasteiger partial charge in [-0.05, 0) is 67.6 Å². The zero-order valence-corrected chi connectivity index (χ0v) is 26.8. The number of amides is 4. The van der Waals surface area contributed by atoms with Gasteiger partial charge < -0.3 is 30.3 Å². The molecule has 2 fully saturated rings.